The van der Waals surface area contributed by atoms with E-state index in [2.05, 4.69) is 20.7 Å². The van der Waals surface area contributed by atoms with Crippen molar-refractivity contribution in [2.45, 2.75) is 18.4 Å². The number of aryl methyl sites for hydroxylation is 1. The molecule has 0 aromatic heterocycles. The summed E-state index contributed by atoms with van der Waals surface area (Å²) in [7, 11) is -3.72. The molecule has 0 unspecified atom stereocenters. The SMILES string of the molecule is Cc1cc(Br)cc(NS(=O)(=O)c2ccccc2CO)c1. The van der Waals surface area contributed by atoms with E-state index < -0.39 is 10.0 Å². The summed E-state index contributed by atoms with van der Waals surface area (Å²) >= 11 is 3.33. The van der Waals surface area contributed by atoms with Crippen LogP contribution < -0.4 is 4.72 Å². The monoisotopic (exact) mass is 355 g/mol. The van der Waals surface area contributed by atoms with Crippen molar-refractivity contribution in [3.8, 4) is 0 Å². The first-order chi connectivity index (χ1) is 9.42. The van der Waals surface area contributed by atoms with Crippen LogP contribution >= 0.6 is 15.9 Å². The summed E-state index contributed by atoms with van der Waals surface area (Å²) in [5.74, 6) is 0. The smallest absolute Gasteiger partial charge is 0.262 e. The Hall–Kier alpha value is -1.37. The lowest BCUT2D eigenvalue weighted by atomic mass is 10.2. The van der Waals surface area contributed by atoms with Crippen molar-refractivity contribution < 1.29 is 13.5 Å². The van der Waals surface area contributed by atoms with Crippen LogP contribution in [0.25, 0.3) is 0 Å². The summed E-state index contributed by atoms with van der Waals surface area (Å²) < 4.78 is 28.1. The number of anilines is 1. The van der Waals surface area contributed by atoms with Crippen molar-refractivity contribution >= 4 is 31.6 Å². The van der Waals surface area contributed by atoms with Gasteiger partial charge in [0.15, 0.2) is 0 Å². The standard InChI is InChI=1S/C14H14BrNO3S/c1-10-6-12(15)8-13(7-10)16-20(18,19)14-5-3-2-4-11(14)9-17/h2-8,16-17H,9H2,1H3. The number of rotatable bonds is 4. The van der Waals surface area contributed by atoms with Crippen LogP contribution in [0.4, 0.5) is 5.69 Å². The number of aliphatic hydroxyl groups is 1. The Kier molecular flexibility index (Phi) is 4.47. The minimum Gasteiger partial charge on any atom is -0.392 e. The van der Waals surface area contributed by atoms with E-state index in [1.807, 2.05) is 13.0 Å². The molecule has 0 fully saturated rings. The number of hydrogen-bond acceptors (Lipinski definition) is 3. The zero-order valence-electron chi connectivity index (χ0n) is 10.8. The van der Waals surface area contributed by atoms with Crippen LogP contribution in [0.2, 0.25) is 0 Å². The summed E-state index contributed by atoms with van der Waals surface area (Å²) in [6.45, 7) is 1.55. The molecule has 0 heterocycles. The molecular formula is C14H14BrNO3S. The van der Waals surface area contributed by atoms with Crippen LogP contribution in [-0.2, 0) is 16.6 Å². The predicted octanol–water partition coefficient (Wildman–Crippen LogP) is 3.05. The lowest BCUT2D eigenvalue weighted by molar-refractivity contribution is 0.278. The Balaban J connectivity index is 2.41. The molecule has 2 rings (SSSR count). The second-order valence-electron chi connectivity index (χ2n) is 4.39. The molecule has 0 saturated carbocycles. The topological polar surface area (TPSA) is 66.4 Å². The number of sulfonamides is 1. The Morgan fingerprint density at radius 3 is 2.55 bits per heavy atom. The first-order valence-electron chi connectivity index (χ1n) is 5.91. The molecule has 0 atom stereocenters. The number of benzene rings is 2. The van der Waals surface area contributed by atoms with Crippen LogP contribution in [0.15, 0.2) is 51.8 Å². The Bertz CT molecular complexity index is 709. The van der Waals surface area contributed by atoms with E-state index in [4.69, 9.17) is 0 Å². The van der Waals surface area contributed by atoms with Gasteiger partial charge in [0.2, 0.25) is 0 Å². The maximum Gasteiger partial charge on any atom is 0.262 e. The average Bonchev–Trinajstić information content (AvgIpc) is 2.36. The second-order valence-corrected chi connectivity index (χ2v) is 6.96. The highest BCUT2D eigenvalue weighted by molar-refractivity contribution is 9.10. The van der Waals surface area contributed by atoms with Crippen LogP contribution in [0.3, 0.4) is 0 Å². The molecule has 20 heavy (non-hydrogen) atoms. The molecule has 0 spiro atoms. The van der Waals surface area contributed by atoms with Crippen molar-refractivity contribution in [3.63, 3.8) is 0 Å². The lowest BCUT2D eigenvalue weighted by Crippen LogP contribution is -2.15. The normalized spacial score (nSPS) is 11.3. The van der Waals surface area contributed by atoms with Gasteiger partial charge in [-0.15, -0.1) is 0 Å². The van der Waals surface area contributed by atoms with Gasteiger partial charge in [0.05, 0.1) is 17.2 Å². The fourth-order valence-corrected chi connectivity index (χ4v) is 3.78. The van der Waals surface area contributed by atoms with Gasteiger partial charge in [-0.2, -0.15) is 0 Å². The minimum atomic E-state index is -3.72. The highest BCUT2D eigenvalue weighted by Crippen LogP contribution is 2.23. The van der Waals surface area contributed by atoms with Crippen molar-refractivity contribution in [2.24, 2.45) is 0 Å². The van der Waals surface area contributed by atoms with Crippen molar-refractivity contribution in [2.75, 3.05) is 4.72 Å². The van der Waals surface area contributed by atoms with Gasteiger partial charge in [0.1, 0.15) is 0 Å². The molecule has 0 aliphatic carbocycles. The maximum absolute atomic E-state index is 12.4. The highest BCUT2D eigenvalue weighted by Gasteiger charge is 2.18. The van der Waals surface area contributed by atoms with Gasteiger partial charge in [-0.1, -0.05) is 34.1 Å². The van der Waals surface area contributed by atoms with Crippen LogP contribution in [0.5, 0.6) is 0 Å². The highest BCUT2D eigenvalue weighted by atomic mass is 79.9. The van der Waals surface area contributed by atoms with Crippen molar-refractivity contribution in [1.82, 2.24) is 0 Å². The van der Waals surface area contributed by atoms with E-state index >= 15 is 0 Å². The molecule has 0 aliphatic rings. The molecule has 0 aliphatic heterocycles. The fraction of sp³-hybridized carbons (Fsp3) is 0.143. The van der Waals surface area contributed by atoms with Crippen molar-refractivity contribution in [1.29, 1.82) is 0 Å². The van der Waals surface area contributed by atoms with Crippen LogP contribution in [-0.4, -0.2) is 13.5 Å². The second kappa shape index (κ2) is 5.95. The molecule has 0 amide bonds. The summed E-state index contributed by atoms with van der Waals surface area (Å²) in [6, 6.07) is 11.7. The maximum atomic E-state index is 12.4. The summed E-state index contributed by atoms with van der Waals surface area (Å²) in [6.07, 6.45) is 0. The van der Waals surface area contributed by atoms with Crippen LogP contribution in [0.1, 0.15) is 11.1 Å². The van der Waals surface area contributed by atoms with E-state index in [9.17, 15) is 13.5 Å². The summed E-state index contributed by atoms with van der Waals surface area (Å²) in [4.78, 5) is 0.0835. The van der Waals surface area contributed by atoms with E-state index in [0.717, 1.165) is 10.0 Å². The Labute approximate surface area is 126 Å². The Morgan fingerprint density at radius 2 is 1.90 bits per heavy atom. The molecule has 0 radical (unpaired) electrons. The molecule has 0 bridgehead atoms. The summed E-state index contributed by atoms with van der Waals surface area (Å²) in [5, 5.41) is 9.24. The number of aliphatic hydroxyl groups excluding tert-OH is 1. The predicted molar refractivity (Wildman–Crippen MR) is 82.1 cm³/mol. The first kappa shape index (κ1) is 15.0. The molecule has 0 saturated heterocycles. The number of halogens is 1. The third kappa shape index (κ3) is 3.39. The van der Waals surface area contributed by atoms with Gasteiger partial charge < -0.3 is 5.11 Å². The molecule has 4 nitrogen and oxygen atoms in total. The average molecular weight is 356 g/mol. The quantitative estimate of drug-likeness (QED) is 0.885. The molecule has 2 N–H and O–H groups in total. The van der Waals surface area contributed by atoms with Gasteiger partial charge in [-0.05, 0) is 42.3 Å². The molecular weight excluding hydrogens is 342 g/mol. The Morgan fingerprint density at radius 1 is 1.20 bits per heavy atom. The van der Waals surface area contributed by atoms with Gasteiger partial charge in [-0.3, -0.25) is 4.72 Å². The molecule has 2 aromatic carbocycles. The largest absolute Gasteiger partial charge is 0.392 e. The number of hydrogen-bond donors (Lipinski definition) is 2. The number of nitrogens with one attached hydrogen (secondary N) is 1. The minimum absolute atomic E-state index is 0.0835. The third-order valence-corrected chi connectivity index (χ3v) is 4.67. The molecule has 6 heteroatoms. The van der Waals surface area contributed by atoms with E-state index in [0.29, 0.717) is 11.3 Å². The lowest BCUT2D eigenvalue weighted by Gasteiger charge is -2.12. The first-order valence-corrected chi connectivity index (χ1v) is 8.19. The molecule has 2 aromatic rings. The van der Waals surface area contributed by atoms with E-state index in [-0.39, 0.29) is 11.5 Å². The van der Waals surface area contributed by atoms with Gasteiger partial charge >= 0.3 is 0 Å². The van der Waals surface area contributed by atoms with Crippen LogP contribution in [0, 0.1) is 6.92 Å². The molecule has 106 valence electrons. The van der Waals surface area contributed by atoms with Gasteiger partial charge in [0.25, 0.3) is 10.0 Å². The van der Waals surface area contributed by atoms with Gasteiger partial charge in [0, 0.05) is 4.47 Å². The van der Waals surface area contributed by atoms with E-state index in [1.165, 1.54) is 6.07 Å². The van der Waals surface area contributed by atoms with Gasteiger partial charge in [-0.25, -0.2) is 8.42 Å². The fourth-order valence-electron chi connectivity index (χ4n) is 1.90. The zero-order chi connectivity index (χ0) is 14.8. The summed E-state index contributed by atoms with van der Waals surface area (Å²) in [5.41, 5.74) is 1.78. The van der Waals surface area contributed by atoms with E-state index in [1.54, 1.807) is 30.3 Å². The van der Waals surface area contributed by atoms with Crippen molar-refractivity contribution in [3.05, 3.63) is 58.1 Å². The zero-order valence-corrected chi connectivity index (χ0v) is 13.2. The third-order valence-electron chi connectivity index (χ3n) is 2.73.